The third-order valence-corrected chi connectivity index (χ3v) is 3.94. The second-order valence-corrected chi connectivity index (χ2v) is 5.24. The molecule has 1 aliphatic carbocycles. The van der Waals surface area contributed by atoms with Gasteiger partial charge in [0.25, 0.3) is 0 Å². The number of rotatable bonds is 3. The van der Waals surface area contributed by atoms with E-state index in [0.29, 0.717) is 0 Å². The van der Waals surface area contributed by atoms with Gasteiger partial charge in [0, 0.05) is 0 Å². The molecule has 1 unspecified atom stereocenters. The third-order valence-electron chi connectivity index (χ3n) is 3.94. The molecule has 3 heteroatoms. The van der Waals surface area contributed by atoms with Crippen LogP contribution in [0.15, 0.2) is 30.3 Å². The minimum atomic E-state index is -4.07. The summed E-state index contributed by atoms with van der Waals surface area (Å²) in [7, 11) is 0. The average Bonchev–Trinajstić information content (AvgIpc) is 2.37. The molecule has 1 saturated carbocycles. The molecule has 0 amide bonds. The zero-order valence-corrected chi connectivity index (χ0v) is 10.4. The van der Waals surface area contributed by atoms with Gasteiger partial charge in [0.05, 0.1) is 5.92 Å². The predicted molar refractivity (Wildman–Crippen MR) is 66.3 cm³/mol. The van der Waals surface area contributed by atoms with E-state index in [1.807, 2.05) is 18.2 Å². The van der Waals surface area contributed by atoms with Crippen LogP contribution in [0.3, 0.4) is 0 Å². The van der Waals surface area contributed by atoms with Crippen molar-refractivity contribution >= 4 is 0 Å². The normalized spacial score (nSPS) is 19.7. The second kappa shape index (κ2) is 5.77. The zero-order chi connectivity index (χ0) is 13.0. The Morgan fingerprint density at radius 2 is 1.61 bits per heavy atom. The van der Waals surface area contributed by atoms with Crippen LogP contribution in [0.1, 0.15) is 37.7 Å². The Labute approximate surface area is 106 Å². The Morgan fingerprint density at radius 3 is 2.17 bits per heavy atom. The van der Waals surface area contributed by atoms with Crippen LogP contribution in [0, 0.1) is 11.8 Å². The van der Waals surface area contributed by atoms with Crippen molar-refractivity contribution in [3.05, 3.63) is 35.9 Å². The largest absolute Gasteiger partial charge is 0.392 e. The van der Waals surface area contributed by atoms with Crippen LogP contribution in [0.5, 0.6) is 0 Å². The van der Waals surface area contributed by atoms with Gasteiger partial charge in [-0.2, -0.15) is 13.2 Å². The highest BCUT2D eigenvalue weighted by molar-refractivity contribution is 5.15. The summed E-state index contributed by atoms with van der Waals surface area (Å²) in [5, 5.41) is 0. The molecule has 0 bridgehead atoms. The fraction of sp³-hybridized carbons (Fsp3) is 0.600. The van der Waals surface area contributed by atoms with Crippen LogP contribution < -0.4 is 0 Å². The molecule has 1 atom stereocenters. The molecule has 0 spiro atoms. The van der Waals surface area contributed by atoms with Crippen molar-refractivity contribution in [2.75, 3.05) is 0 Å². The van der Waals surface area contributed by atoms with Gasteiger partial charge in [0.15, 0.2) is 0 Å². The molecule has 18 heavy (non-hydrogen) atoms. The van der Waals surface area contributed by atoms with Gasteiger partial charge in [-0.1, -0.05) is 49.6 Å². The average molecular weight is 256 g/mol. The van der Waals surface area contributed by atoms with Crippen molar-refractivity contribution in [2.45, 2.75) is 44.7 Å². The fourth-order valence-electron chi connectivity index (χ4n) is 2.95. The second-order valence-electron chi connectivity index (χ2n) is 5.24. The van der Waals surface area contributed by atoms with E-state index in [9.17, 15) is 13.2 Å². The third kappa shape index (κ3) is 3.50. The Hall–Kier alpha value is -0.990. The summed E-state index contributed by atoms with van der Waals surface area (Å²) in [6.45, 7) is 0. The predicted octanol–water partition coefficient (Wildman–Crippen LogP) is 4.99. The van der Waals surface area contributed by atoms with Crippen LogP contribution in [0.4, 0.5) is 13.2 Å². The lowest BCUT2D eigenvalue weighted by Gasteiger charge is -2.31. The first-order valence-corrected chi connectivity index (χ1v) is 6.68. The molecule has 1 fully saturated rings. The fourth-order valence-corrected chi connectivity index (χ4v) is 2.95. The number of hydrogen-bond acceptors (Lipinski definition) is 0. The summed E-state index contributed by atoms with van der Waals surface area (Å²) in [5.41, 5.74) is 0.797. The molecular formula is C15H19F3. The van der Waals surface area contributed by atoms with Crippen LogP contribution in [0.2, 0.25) is 0 Å². The monoisotopic (exact) mass is 256 g/mol. The molecule has 0 nitrogen and oxygen atoms in total. The number of benzene rings is 1. The van der Waals surface area contributed by atoms with Crippen molar-refractivity contribution in [3.8, 4) is 0 Å². The Morgan fingerprint density at radius 1 is 1.00 bits per heavy atom. The van der Waals surface area contributed by atoms with Crippen molar-refractivity contribution in [1.29, 1.82) is 0 Å². The molecule has 1 aliphatic rings. The van der Waals surface area contributed by atoms with E-state index in [1.165, 1.54) is 0 Å². The minimum Gasteiger partial charge on any atom is -0.171 e. The van der Waals surface area contributed by atoms with Gasteiger partial charge < -0.3 is 0 Å². The van der Waals surface area contributed by atoms with E-state index in [2.05, 4.69) is 0 Å². The molecule has 0 heterocycles. The van der Waals surface area contributed by atoms with Gasteiger partial charge in [-0.25, -0.2) is 0 Å². The van der Waals surface area contributed by atoms with Crippen LogP contribution in [-0.4, -0.2) is 6.18 Å². The molecule has 0 aliphatic heterocycles. The standard InChI is InChI=1S/C15H19F3/c16-15(17,18)14(13-9-5-2-6-10-13)11-12-7-3-1-4-8-12/h1,3-4,7-8,13-14H,2,5-6,9-11H2. The van der Waals surface area contributed by atoms with E-state index in [-0.39, 0.29) is 12.3 Å². The highest BCUT2D eigenvalue weighted by atomic mass is 19.4. The molecular weight excluding hydrogens is 237 g/mol. The quantitative estimate of drug-likeness (QED) is 0.714. The van der Waals surface area contributed by atoms with Crippen LogP contribution in [0.25, 0.3) is 0 Å². The molecule has 100 valence electrons. The van der Waals surface area contributed by atoms with Gasteiger partial charge in [-0.3, -0.25) is 0 Å². The van der Waals surface area contributed by atoms with E-state index >= 15 is 0 Å². The molecule has 0 radical (unpaired) electrons. The smallest absolute Gasteiger partial charge is 0.171 e. The summed E-state index contributed by atoms with van der Waals surface area (Å²) in [6.07, 6.45) is 0.519. The number of alkyl halides is 3. The lowest BCUT2D eigenvalue weighted by molar-refractivity contribution is -0.191. The molecule has 2 rings (SSSR count). The first kappa shape index (κ1) is 13.4. The number of halogens is 3. The first-order valence-electron chi connectivity index (χ1n) is 6.68. The van der Waals surface area contributed by atoms with Gasteiger partial charge in [0.2, 0.25) is 0 Å². The highest BCUT2D eigenvalue weighted by Crippen LogP contribution is 2.41. The van der Waals surface area contributed by atoms with Gasteiger partial charge in [0.1, 0.15) is 0 Å². The highest BCUT2D eigenvalue weighted by Gasteiger charge is 2.44. The summed E-state index contributed by atoms with van der Waals surface area (Å²) in [4.78, 5) is 0. The lowest BCUT2D eigenvalue weighted by atomic mass is 9.77. The van der Waals surface area contributed by atoms with Crippen molar-refractivity contribution in [2.24, 2.45) is 11.8 Å². The summed E-state index contributed by atoms with van der Waals surface area (Å²) < 4.78 is 39.6. The Balaban J connectivity index is 2.10. The maximum absolute atomic E-state index is 13.2. The Bertz CT molecular complexity index is 350. The van der Waals surface area contributed by atoms with Crippen molar-refractivity contribution in [3.63, 3.8) is 0 Å². The molecule has 0 N–H and O–H groups in total. The molecule has 1 aromatic carbocycles. The van der Waals surface area contributed by atoms with Crippen molar-refractivity contribution < 1.29 is 13.2 Å². The molecule has 1 aromatic rings. The van der Waals surface area contributed by atoms with E-state index in [0.717, 1.165) is 37.7 Å². The molecule has 0 saturated heterocycles. The van der Waals surface area contributed by atoms with E-state index < -0.39 is 12.1 Å². The zero-order valence-electron chi connectivity index (χ0n) is 10.4. The minimum absolute atomic E-state index is 0.134. The SMILES string of the molecule is FC(F)(F)C(Cc1ccccc1)C1CCCCC1. The summed E-state index contributed by atoms with van der Waals surface area (Å²) in [6, 6.07) is 9.04. The van der Waals surface area contributed by atoms with Gasteiger partial charge in [-0.15, -0.1) is 0 Å². The Kier molecular flexibility index (Phi) is 4.31. The summed E-state index contributed by atoms with van der Waals surface area (Å²) in [5.74, 6) is -1.35. The van der Waals surface area contributed by atoms with Crippen LogP contribution >= 0.6 is 0 Å². The topological polar surface area (TPSA) is 0 Å². The van der Waals surface area contributed by atoms with Crippen molar-refractivity contribution in [1.82, 2.24) is 0 Å². The van der Waals surface area contributed by atoms with Gasteiger partial charge >= 0.3 is 6.18 Å². The van der Waals surface area contributed by atoms with E-state index in [4.69, 9.17) is 0 Å². The summed E-state index contributed by atoms with van der Waals surface area (Å²) >= 11 is 0. The lowest BCUT2D eigenvalue weighted by Crippen LogP contribution is -2.33. The maximum atomic E-state index is 13.2. The first-order chi connectivity index (χ1) is 8.57. The molecule has 0 aromatic heterocycles. The van der Waals surface area contributed by atoms with Gasteiger partial charge in [-0.05, 0) is 30.7 Å². The maximum Gasteiger partial charge on any atom is 0.392 e. The van der Waals surface area contributed by atoms with E-state index in [1.54, 1.807) is 12.1 Å². The van der Waals surface area contributed by atoms with Crippen LogP contribution in [-0.2, 0) is 6.42 Å². The number of hydrogen-bond donors (Lipinski definition) is 0.